The minimum Gasteiger partial charge on any atom is -0.352 e. The summed E-state index contributed by atoms with van der Waals surface area (Å²) >= 11 is 0. The van der Waals surface area contributed by atoms with Crippen LogP contribution in [0.25, 0.3) is 6.08 Å². The standard InChI is InChI=1S/C30H23FN2O4/c1-16(34)27-26(20-10-5-6-11-22(20)31)30(28(36)18-8-3-4-9-19(18)29(30)37)25-15-14-21-23(32-17(2)35)12-7-13-24(21)33(25)27/h3-15,25-27H,1-2H3,(H,32,35)/t25-,26-,27+/m1/s1. The van der Waals surface area contributed by atoms with Gasteiger partial charge in [0.25, 0.3) is 0 Å². The Balaban J connectivity index is 1.67. The molecule has 7 heteroatoms. The third kappa shape index (κ3) is 2.97. The van der Waals surface area contributed by atoms with Crippen LogP contribution < -0.4 is 10.2 Å². The van der Waals surface area contributed by atoms with Gasteiger partial charge in [-0.2, -0.15) is 0 Å². The average molecular weight is 495 g/mol. The molecule has 1 fully saturated rings. The fourth-order valence-electron chi connectivity index (χ4n) is 6.52. The molecule has 2 heterocycles. The molecule has 2 aliphatic heterocycles. The molecule has 1 saturated heterocycles. The van der Waals surface area contributed by atoms with Crippen LogP contribution in [0.1, 0.15) is 51.6 Å². The molecule has 0 aromatic heterocycles. The average Bonchev–Trinajstić information content (AvgIpc) is 3.31. The number of amides is 1. The third-order valence-electron chi connectivity index (χ3n) is 7.81. The van der Waals surface area contributed by atoms with E-state index in [2.05, 4.69) is 5.32 Å². The first kappa shape index (κ1) is 23.0. The molecule has 1 amide bonds. The number of carbonyl (C=O) groups is 4. The number of ketones is 3. The Hall–Kier alpha value is -4.39. The van der Waals surface area contributed by atoms with Crippen LogP contribution in [0.4, 0.5) is 15.8 Å². The van der Waals surface area contributed by atoms with Crippen molar-refractivity contribution in [2.24, 2.45) is 5.41 Å². The van der Waals surface area contributed by atoms with Crippen molar-refractivity contribution in [2.45, 2.75) is 31.8 Å². The molecular weight excluding hydrogens is 471 g/mol. The van der Waals surface area contributed by atoms with E-state index < -0.39 is 40.8 Å². The van der Waals surface area contributed by atoms with Crippen LogP contribution in [0.3, 0.4) is 0 Å². The maximum Gasteiger partial charge on any atom is 0.221 e. The van der Waals surface area contributed by atoms with Gasteiger partial charge in [-0.05, 0) is 30.7 Å². The summed E-state index contributed by atoms with van der Waals surface area (Å²) < 4.78 is 15.5. The second kappa shape index (κ2) is 8.06. The number of rotatable bonds is 3. The van der Waals surface area contributed by atoms with Gasteiger partial charge >= 0.3 is 0 Å². The molecule has 6 rings (SSSR count). The van der Waals surface area contributed by atoms with Crippen molar-refractivity contribution in [3.05, 3.63) is 101 Å². The molecule has 184 valence electrons. The molecule has 37 heavy (non-hydrogen) atoms. The smallest absolute Gasteiger partial charge is 0.221 e. The van der Waals surface area contributed by atoms with Crippen LogP contribution >= 0.6 is 0 Å². The molecule has 1 spiro atoms. The fraction of sp³-hybridized carbons (Fsp3) is 0.200. The highest BCUT2D eigenvalue weighted by molar-refractivity contribution is 6.32. The Morgan fingerprint density at radius 1 is 0.892 bits per heavy atom. The Bertz CT molecular complexity index is 1520. The summed E-state index contributed by atoms with van der Waals surface area (Å²) in [6, 6.07) is 16.1. The summed E-state index contributed by atoms with van der Waals surface area (Å²) in [6.45, 7) is 2.81. The van der Waals surface area contributed by atoms with E-state index in [4.69, 9.17) is 0 Å². The van der Waals surface area contributed by atoms with Gasteiger partial charge in [0.05, 0.1) is 17.8 Å². The first-order valence-electron chi connectivity index (χ1n) is 12.1. The van der Waals surface area contributed by atoms with Gasteiger partial charge in [0.1, 0.15) is 11.2 Å². The zero-order valence-corrected chi connectivity index (χ0v) is 20.2. The number of carbonyl (C=O) groups excluding carboxylic acids is 4. The van der Waals surface area contributed by atoms with E-state index in [0.29, 0.717) is 16.9 Å². The number of fused-ring (bicyclic) bond motifs is 5. The van der Waals surface area contributed by atoms with E-state index in [0.717, 1.165) is 0 Å². The summed E-state index contributed by atoms with van der Waals surface area (Å²) in [5.74, 6) is -3.02. The maximum absolute atomic E-state index is 15.5. The molecule has 3 aromatic rings. The number of hydrogen-bond donors (Lipinski definition) is 1. The monoisotopic (exact) mass is 494 g/mol. The highest BCUT2D eigenvalue weighted by Crippen LogP contribution is 2.61. The van der Waals surface area contributed by atoms with Crippen molar-refractivity contribution >= 4 is 40.7 Å². The largest absolute Gasteiger partial charge is 0.352 e. The van der Waals surface area contributed by atoms with E-state index in [1.54, 1.807) is 77.7 Å². The molecule has 0 saturated carbocycles. The normalized spacial score (nSPS) is 22.6. The van der Waals surface area contributed by atoms with Crippen molar-refractivity contribution < 1.29 is 23.6 Å². The molecule has 0 radical (unpaired) electrons. The lowest BCUT2D eigenvalue weighted by Crippen LogP contribution is -2.48. The molecule has 6 nitrogen and oxygen atoms in total. The van der Waals surface area contributed by atoms with E-state index in [1.165, 1.54) is 19.9 Å². The third-order valence-corrected chi connectivity index (χ3v) is 7.81. The lowest BCUT2D eigenvalue weighted by atomic mass is 9.64. The predicted molar refractivity (Wildman–Crippen MR) is 137 cm³/mol. The molecule has 1 N–H and O–H groups in total. The van der Waals surface area contributed by atoms with Gasteiger partial charge < -0.3 is 10.2 Å². The highest BCUT2D eigenvalue weighted by atomic mass is 19.1. The van der Waals surface area contributed by atoms with E-state index in [9.17, 15) is 19.2 Å². The van der Waals surface area contributed by atoms with Crippen molar-refractivity contribution in [2.75, 3.05) is 10.2 Å². The van der Waals surface area contributed by atoms with E-state index in [-0.39, 0.29) is 28.4 Å². The van der Waals surface area contributed by atoms with Gasteiger partial charge in [-0.25, -0.2) is 4.39 Å². The second-order valence-electron chi connectivity index (χ2n) is 9.76. The first-order valence-corrected chi connectivity index (χ1v) is 12.1. The van der Waals surface area contributed by atoms with Gasteiger partial charge in [0, 0.05) is 35.2 Å². The fourth-order valence-corrected chi connectivity index (χ4v) is 6.52. The van der Waals surface area contributed by atoms with Crippen LogP contribution in [-0.4, -0.2) is 35.3 Å². The summed E-state index contributed by atoms with van der Waals surface area (Å²) in [7, 11) is 0. The van der Waals surface area contributed by atoms with Gasteiger partial charge in [0.15, 0.2) is 17.3 Å². The number of halogens is 1. The van der Waals surface area contributed by atoms with Crippen LogP contribution in [0.2, 0.25) is 0 Å². The number of nitrogens with one attached hydrogen (secondary N) is 1. The molecule has 0 unspecified atom stereocenters. The van der Waals surface area contributed by atoms with Crippen molar-refractivity contribution in [1.29, 1.82) is 0 Å². The number of Topliss-reactive ketones (excluding diaryl/α,β-unsaturated/α-hetero) is 3. The first-order chi connectivity index (χ1) is 17.8. The lowest BCUT2D eigenvalue weighted by molar-refractivity contribution is -0.118. The van der Waals surface area contributed by atoms with Crippen LogP contribution in [-0.2, 0) is 9.59 Å². The van der Waals surface area contributed by atoms with Crippen LogP contribution in [0.5, 0.6) is 0 Å². The molecule has 3 aromatic carbocycles. The SMILES string of the molecule is CC(=O)Nc1cccc2c1C=C[C@H]1N2[C@@H](C(C)=O)[C@@H](c2ccccc2F)C12C(=O)c1ccccc1C2=O. The minimum absolute atomic E-state index is 0.152. The van der Waals surface area contributed by atoms with Gasteiger partial charge in [-0.1, -0.05) is 60.7 Å². The zero-order chi connectivity index (χ0) is 26.1. The molecule has 3 atom stereocenters. The summed E-state index contributed by atoms with van der Waals surface area (Å²) in [6.07, 6.45) is 3.51. The van der Waals surface area contributed by atoms with Gasteiger partial charge in [-0.15, -0.1) is 0 Å². The van der Waals surface area contributed by atoms with Gasteiger partial charge in [0.2, 0.25) is 5.91 Å². The van der Waals surface area contributed by atoms with E-state index in [1.807, 2.05) is 0 Å². The molecule has 0 bridgehead atoms. The van der Waals surface area contributed by atoms with Crippen LogP contribution in [0, 0.1) is 11.2 Å². The number of anilines is 2. The highest BCUT2D eigenvalue weighted by Gasteiger charge is 2.71. The summed E-state index contributed by atoms with van der Waals surface area (Å²) in [5.41, 5.74) is 0.764. The maximum atomic E-state index is 15.5. The summed E-state index contributed by atoms with van der Waals surface area (Å²) in [5, 5.41) is 2.81. The molecular formula is C30H23FN2O4. The molecule has 1 aliphatic carbocycles. The Morgan fingerprint density at radius 3 is 2.16 bits per heavy atom. The summed E-state index contributed by atoms with van der Waals surface area (Å²) in [4.78, 5) is 55.7. The van der Waals surface area contributed by atoms with Crippen LogP contribution in [0.15, 0.2) is 72.8 Å². The quantitative estimate of drug-likeness (QED) is 0.529. The van der Waals surface area contributed by atoms with Crippen molar-refractivity contribution in [1.82, 2.24) is 0 Å². The predicted octanol–water partition coefficient (Wildman–Crippen LogP) is 4.81. The number of hydrogen-bond acceptors (Lipinski definition) is 5. The Labute approximate surface area is 212 Å². The van der Waals surface area contributed by atoms with Crippen molar-refractivity contribution in [3.63, 3.8) is 0 Å². The zero-order valence-electron chi connectivity index (χ0n) is 20.2. The van der Waals surface area contributed by atoms with Crippen molar-refractivity contribution in [3.8, 4) is 0 Å². The second-order valence-corrected chi connectivity index (χ2v) is 9.76. The minimum atomic E-state index is -1.74. The van der Waals surface area contributed by atoms with Gasteiger partial charge in [-0.3, -0.25) is 19.2 Å². The Kier molecular flexibility index (Phi) is 5.02. The Morgan fingerprint density at radius 2 is 1.54 bits per heavy atom. The topological polar surface area (TPSA) is 83.6 Å². The number of nitrogens with zero attached hydrogens (tertiary/aromatic N) is 1. The lowest BCUT2D eigenvalue weighted by Gasteiger charge is -2.37. The van der Waals surface area contributed by atoms with E-state index >= 15 is 4.39 Å². The molecule has 3 aliphatic rings. The number of benzene rings is 3.